The first-order chi connectivity index (χ1) is 7.11. The number of aliphatic hydroxyl groups is 3. The van der Waals surface area contributed by atoms with Crippen molar-refractivity contribution < 1.29 is 19.7 Å². The summed E-state index contributed by atoms with van der Waals surface area (Å²) >= 11 is 0. The fourth-order valence-electron chi connectivity index (χ4n) is 1.29. The molecule has 0 aliphatic rings. The van der Waals surface area contributed by atoms with Crippen molar-refractivity contribution in [1.29, 1.82) is 0 Å². The Kier molecular flexibility index (Phi) is 4.16. The highest BCUT2D eigenvalue weighted by Gasteiger charge is 2.21. The molecule has 0 aromatic heterocycles. The Balaban J connectivity index is 3.03. The third-order valence-electron chi connectivity index (χ3n) is 2.20. The van der Waals surface area contributed by atoms with Crippen LogP contribution in [0.1, 0.15) is 17.2 Å². The van der Waals surface area contributed by atoms with Gasteiger partial charge in [0.1, 0.15) is 11.9 Å². The number of hydrogen-bond donors (Lipinski definition) is 4. The van der Waals surface area contributed by atoms with Crippen molar-refractivity contribution >= 4 is 0 Å². The lowest BCUT2D eigenvalue weighted by Gasteiger charge is -2.17. The van der Waals surface area contributed by atoms with E-state index >= 15 is 0 Å². The highest BCUT2D eigenvalue weighted by Crippen LogP contribution is 2.22. The summed E-state index contributed by atoms with van der Waals surface area (Å²) < 4.78 is 13.5. The fraction of sp³-hybridized carbons (Fsp3) is 0.400. The van der Waals surface area contributed by atoms with Crippen LogP contribution < -0.4 is 5.73 Å². The van der Waals surface area contributed by atoms with Crippen molar-refractivity contribution in [3.63, 3.8) is 0 Å². The van der Waals surface area contributed by atoms with E-state index in [0.717, 1.165) is 0 Å². The Labute approximate surface area is 86.8 Å². The first-order valence-corrected chi connectivity index (χ1v) is 4.56. The Morgan fingerprint density at radius 2 is 2.00 bits per heavy atom. The summed E-state index contributed by atoms with van der Waals surface area (Å²) in [6.45, 7) is -0.616. The molecule has 0 aliphatic heterocycles. The van der Waals surface area contributed by atoms with Gasteiger partial charge in [-0.25, -0.2) is 4.39 Å². The second-order valence-corrected chi connectivity index (χ2v) is 3.23. The normalized spacial score (nSPS) is 15.0. The van der Waals surface area contributed by atoms with Crippen LogP contribution in [0.2, 0.25) is 0 Å². The number of benzene rings is 1. The van der Waals surface area contributed by atoms with Gasteiger partial charge in [-0.3, -0.25) is 0 Å². The summed E-state index contributed by atoms with van der Waals surface area (Å²) in [5, 5.41) is 27.6. The smallest absolute Gasteiger partial charge is 0.134 e. The van der Waals surface area contributed by atoms with Gasteiger partial charge in [-0.2, -0.15) is 0 Å². The summed E-state index contributed by atoms with van der Waals surface area (Å²) in [4.78, 5) is 0. The van der Waals surface area contributed by atoms with Gasteiger partial charge in [-0.15, -0.1) is 0 Å². The van der Waals surface area contributed by atoms with Crippen LogP contribution >= 0.6 is 0 Å². The zero-order valence-electron chi connectivity index (χ0n) is 8.10. The van der Waals surface area contributed by atoms with E-state index in [4.69, 9.17) is 10.8 Å². The van der Waals surface area contributed by atoms with E-state index in [0.29, 0.717) is 0 Å². The third kappa shape index (κ3) is 2.51. The standard InChI is InChI=1S/C10H14FNO3/c11-9-6(5-13)2-1-3-7(9)10(15)8(14)4-12/h1-3,8,10,13-15H,4-5,12H2. The maximum absolute atomic E-state index is 13.5. The van der Waals surface area contributed by atoms with Crippen molar-refractivity contribution in [2.45, 2.75) is 18.8 Å². The Bertz CT molecular complexity index is 332. The minimum Gasteiger partial charge on any atom is -0.392 e. The molecule has 5 N–H and O–H groups in total. The van der Waals surface area contributed by atoms with E-state index in [1.165, 1.54) is 18.2 Å². The molecule has 2 atom stereocenters. The Hall–Kier alpha value is -1.01. The fourth-order valence-corrected chi connectivity index (χ4v) is 1.29. The number of hydrogen-bond acceptors (Lipinski definition) is 4. The van der Waals surface area contributed by atoms with Crippen LogP contribution in [0.5, 0.6) is 0 Å². The molecule has 0 saturated heterocycles. The first-order valence-electron chi connectivity index (χ1n) is 4.56. The second kappa shape index (κ2) is 5.18. The minimum atomic E-state index is -1.37. The molecule has 0 heterocycles. The second-order valence-electron chi connectivity index (χ2n) is 3.23. The van der Waals surface area contributed by atoms with E-state index in [2.05, 4.69) is 0 Å². The van der Waals surface area contributed by atoms with Gasteiger partial charge >= 0.3 is 0 Å². The molecule has 0 amide bonds. The molecule has 1 rings (SSSR count). The van der Waals surface area contributed by atoms with Gasteiger partial charge in [-0.05, 0) is 0 Å². The highest BCUT2D eigenvalue weighted by atomic mass is 19.1. The Morgan fingerprint density at radius 3 is 2.53 bits per heavy atom. The van der Waals surface area contributed by atoms with Gasteiger partial charge in [0.25, 0.3) is 0 Å². The van der Waals surface area contributed by atoms with Crippen molar-refractivity contribution in [1.82, 2.24) is 0 Å². The topological polar surface area (TPSA) is 86.7 Å². The highest BCUT2D eigenvalue weighted by molar-refractivity contribution is 5.27. The van der Waals surface area contributed by atoms with Crippen LogP contribution in [-0.2, 0) is 6.61 Å². The predicted octanol–water partition coefficient (Wildman–Crippen LogP) is -0.329. The molecular weight excluding hydrogens is 201 g/mol. The molecule has 84 valence electrons. The number of rotatable bonds is 4. The van der Waals surface area contributed by atoms with Crippen molar-refractivity contribution in [2.75, 3.05) is 6.54 Å². The number of nitrogens with two attached hydrogens (primary N) is 1. The van der Waals surface area contributed by atoms with Gasteiger partial charge in [0.15, 0.2) is 0 Å². The molecule has 1 aromatic rings. The Morgan fingerprint density at radius 1 is 1.33 bits per heavy atom. The van der Waals surface area contributed by atoms with E-state index in [1.807, 2.05) is 0 Å². The SMILES string of the molecule is NCC(O)C(O)c1cccc(CO)c1F. The molecule has 2 unspecified atom stereocenters. The van der Waals surface area contributed by atoms with Crippen LogP contribution in [0.15, 0.2) is 18.2 Å². The summed E-state index contributed by atoms with van der Waals surface area (Å²) in [7, 11) is 0. The molecule has 0 spiro atoms. The lowest BCUT2D eigenvalue weighted by atomic mass is 10.0. The van der Waals surface area contributed by atoms with E-state index in [1.54, 1.807) is 0 Å². The minimum absolute atomic E-state index is 0.0560. The van der Waals surface area contributed by atoms with Crippen LogP contribution in [-0.4, -0.2) is 28.0 Å². The molecule has 15 heavy (non-hydrogen) atoms. The summed E-state index contributed by atoms with van der Waals surface area (Å²) in [5.74, 6) is -0.708. The van der Waals surface area contributed by atoms with Crippen LogP contribution in [0, 0.1) is 5.82 Å². The van der Waals surface area contributed by atoms with Gasteiger partial charge in [-0.1, -0.05) is 18.2 Å². The maximum Gasteiger partial charge on any atom is 0.134 e. The molecule has 1 aromatic carbocycles. The van der Waals surface area contributed by atoms with E-state index in [-0.39, 0.29) is 17.7 Å². The van der Waals surface area contributed by atoms with E-state index < -0.39 is 24.6 Å². The average molecular weight is 215 g/mol. The van der Waals surface area contributed by atoms with Crippen LogP contribution in [0.25, 0.3) is 0 Å². The van der Waals surface area contributed by atoms with E-state index in [9.17, 15) is 14.6 Å². The van der Waals surface area contributed by atoms with Crippen molar-refractivity contribution in [3.8, 4) is 0 Å². The molecule has 4 nitrogen and oxygen atoms in total. The maximum atomic E-state index is 13.5. The quantitative estimate of drug-likeness (QED) is 0.554. The molecule has 0 bridgehead atoms. The molecule has 0 fully saturated rings. The average Bonchev–Trinajstić information content (AvgIpc) is 2.27. The summed E-state index contributed by atoms with van der Waals surface area (Å²) in [6, 6.07) is 4.24. The summed E-state index contributed by atoms with van der Waals surface area (Å²) in [5.41, 5.74) is 5.17. The number of aliphatic hydroxyl groups excluding tert-OH is 3. The summed E-state index contributed by atoms with van der Waals surface area (Å²) in [6.07, 6.45) is -2.59. The van der Waals surface area contributed by atoms with Crippen LogP contribution in [0.3, 0.4) is 0 Å². The molecule has 5 heteroatoms. The predicted molar refractivity (Wildman–Crippen MR) is 52.3 cm³/mol. The zero-order valence-corrected chi connectivity index (χ0v) is 8.10. The van der Waals surface area contributed by atoms with Gasteiger partial charge < -0.3 is 21.1 Å². The molecule has 0 aliphatic carbocycles. The van der Waals surface area contributed by atoms with Gasteiger partial charge in [0, 0.05) is 17.7 Å². The van der Waals surface area contributed by atoms with Crippen molar-refractivity contribution in [3.05, 3.63) is 35.1 Å². The molecule has 0 radical (unpaired) electrons. The van der Waals surface area contributed by atoms with Crippen LogP contribution in [0.4, 0.5) is 4.39 Å². The monoisotopic (exact) mass is 215 g/mol. The molecule has 0 saturated carbocycles. The lowest BCUT2D eigenvalue weighted by Crippen LogP contribution is -2.28. The third-order valence-corrected chi connectivity index (χ3v) is 2.20. The lowest BCUT2D eigenvalue weighted by molar-refractivity contribution is 0.0220. The molecular formula is C10H14FNO3. The number of halogens is 1. The largest absolute Gasteiger partial charge is 0.392 e. The first kappa shape index (κ1) is 12.1. The van der Waals surface area contributed by atoms with Crippen molar-refractivity contribution in [2.24, 2.45) is 5.73 Å². The zero-order chi connectivity index (χ0) is 11.4. The van der Waals surface area contributed by atoms with Gasteiger partial charge in [0.05, 0.1) is 12.7 Å². The van der Waals surface area contributed by atoms with Gasteiger partial charge in [0.2, 0.25) is 0 Å².